The third-order valence-electron chi connectivity index (χ3n) is 3.90. The molecule has 0 saturated carbocycles. The number of halogens is 2. The van der Waals surface area contributed by atoms with Crippen molar-refractivity contribution in [3.63, 3.8) is 0 Å². The largest absolute Gasteiger partial charge is 0.366 e. The number of hydrogen-bond acceptors (Lipinski definition) is 4. The molecule has 0 spiro atoms. The van der Waals surface area contributed by atoms with Gasteiger partial charge in [0.15, 0.2) is 0 Å². The van der Waals surface area contributed by atoms with Gasteiger partial charge in [-0.3, -0.25) is 4.79 Å². The van der Waals surface area contributed by atoms with E-state index in [1.165, 1.54) is 30.6 Å². The predicted octanol–water partition coefficient (Wildman–Crippen LogP) is 3.34. The predicted molar refractivity (Wildman–Crippen MR) is 98.2 cm³/mol. The van der Waals surface area contributed by atoms with Crippen LogP contribution in [0.15, 0.2) is 60.9 Å². The zero-order chi connectivity index (χ0) is 19.1. The molecule has 0 aliphatic rings. The Morgan fingerprint density at radius 3 is 2.19 bits per heavy atom. The highest BCUT2D eigenvalue weighted by atomic mass is 19.1. The van der Waals surface area contributed by atoms with Crippen LogP contribution in [0.3, 0.4) is 0 Å². The third-order valence-corrected chi connectivity index (χ3v) is 3.90. The minimum atomic E-state index is -0.315. The first-order valence-electron chi connectivity index (χ1n) is 8.43. The Morgan fingerprint density at radius 1 is 0.889 bits per heavy atom. The van der Waals surface area contributed by atoms with E-state index in [1.807, 2.05) is 0 Å². The van der Waals surface area contributed by atoms with Gasteiger partial charge in [0.25, 0.3) is 5.91 Å². The molecule has 27 heavy (non-hydrogen) atoms. The van der Waals surface area contributed by atoms with Crippen molar-refractivity contribution in [3.05, 3.63) is 89.4 Å². The summed E-state index contributed by atoms with van der Waals surface area (Å²) in [4.78, 5) is 20.3. The lowest BCUT2D eigenvalue weighted by Crippen LogP contribution is -2.26. The zero-order valence-corrected chi connectivity index (χ0v) is 14.5. The first-order chi connectivity index (χ1) is 13.1. The van der Waals surface area contributed by atoms with Crippen molar-refractivity contribution in [1.29, 1.82) is 0 Å². The number of carbonyl (C=O) groups is 1. The normalized spacial score (nSPS) is 10.4. The average molecular weight is 368 g/mol. The van der Waals surface area contributed by atoms with Crippen molar-refractivity contribution >= 4 is 11.7 Å². The fourth-order valence-electron chi connectivity index (χ4n) is 2.44. The lowest BCUT2D eigenvalue weighted by Gasteiger charge is -2.08. The molecule has 0 fully saturated rings. The van der Waals surface area contributed by atoms with Gasteiger partial charge in [0.1, 0.15) is 29.5 Å². The molecule has 3 aromatic rings. The third kappa shape index (κ3) is 5.57. The lowest BCUT2D eigenvalue weighted by molar-refractivity contribution is 0.0949. The molecule has 0 radical (unpaired) electrons. The molecule has 0 aliphatic carbocycles. The molecule has 0 bridgehead atoms. The molecule has 138 valence electrons. The van der Waals surface area contributed by atoms with Gasteiger partial charge in [-0.25, -0.2) is 18.7 Å². The number of rotatable bonds is 7. The Bertz CT molecular complexity index is 899. The molecule has 1 heterocycles. The van der Waals surface area contributed by atoms with Crippen LogP contribution in [0.25, 0.3) is 0 Å². The second kappa shape index (κ2) is 8.84. The smallest absolute Gasteiger partial charge is 0.270 e. The first kappa shape index (κ1) is 18.4. The van der Waals surface area contributed by atoms with Crippen LogP contribution in [-0.4, -0.2) is 22.4 Å². The van der Waals surface area contributed by atoms with Crippen LogP contribution in [0, 0.1) is 11.6 Å². The van der Waals surface area contributed by atoms with Gasteiger partial charge in [0.05, 0.1) is 0 Å². The second-order valence-electron chi connectivity index (χ2n) is 5.90. The van der Waals surface area contributed by atoms with Crippen molar-refractivity contribution in [2.24, 2.45) is 0 Å². The maximum absolute atomic E-state index is 12.9. The molecular formula is C20H18F2N4O. The van der Waals surface area contributed by atoms with E-state index in [0.717, 1.165) is 11.1 Å². The maximum Gasteiger partial charge on any atom is 0.270 e. The molecule has 2 N–H and O–H groups in total. The number of hydrogen-bond donors (Lipinski definition) is 2. The van der Waals surface area contributed by atoms with Gasteiger partial charge in [-0.1, -0.05) is 24.3 Å². The first-order valence-corrected chi connectivity index (χ1v) is 8.43. The molecule has 3 rings (SSSR count). The molecule has 7 heteroatoms. The quantitative estimate of drug-likeness (QED) is 0.671. The summed E-state index contributed by atoms with van der Waals surface area (Å²) in [5.74, 6) is -0.396. The minimum Gasteiger partial charge on any atom is -0.366 e. The fraction of sp³-hybridized carbons (Fsp3) is 0.150. The fourth-order valence-corrected chi connectivity index (χ4v) is 2.44. The van der Waals surface area contributed by atoms with Gasteiger partial charge < -0.3 is 10.6 Å². The highest BCUT2D eigenvalue weighted by molar-refractivity contribution is 5.92. The van der Waals surface area contributed by atoms with E-state index in [1.54, 1.807) is 30.3 Å². The minimum absolute atomic E-state index is 0.241. The summed E-state index contributed by atoms with van der Waals surface area (Å²) in [5, 5.41) is 5.85. The van der Waals surface area contributed by atoms with Gasteiger partial charge in [0, 0.05) is 19.2 Å². The van der Waals surface area contributed by atoms with Crippen LogP contribution in [0.4, 0.5) is 14.6 Å². The monoisotopic (exact) mass is 368 g/mol. The maximum atomic E-state index is 12.9. The highest BCUT2D eigenvalue weighted by Crippen LogP contribution is 2.09. The van der Waals surface area contributed by atoms with Crippen molar-refractivity contribution < 1.29 is 13.6 Å². The summed E-state index contributed by atoms with van der Waals surface area (Å²) < 4.78 is 25.8. The van der Waals surface area contributed by atoms with Crippen LogP contribution >= 0.6 is 0 Å². The van der Waals surface area contributed by atoms with E-state index < -0.39 is 0 Å². The number of anilines is 1. The van der Waals surface area contributed by atoms with Crippen molar-refractivity contribution in [3.8, 4) is 0 Å². The molecule has 1 amide bonds. The van der Waals surface area contributed by atoms with Crippen molar-refractivity contribution in [1.82, 2.24) is 15.3 Å². The van der Waals surface area contributed by atoms with E-state index in [0.29, 0.717) is 25.3 Å². The standard InChI is InChI=1S/C20H18F2N4O/c21-16-5-1-14(2-6-16)9-10-23-20(27)18-11-19(26-13-25-18)24-12-15-3-7-17(22)8-4-15/h1-8,11,13H,9-10,12H2,(H,23,27)(H,24,25,26). The average Bonchev–Trinajstić information content (AvgIpc) is 2.69. The molecular weight excluding hydrogens is 350 g/mol. The molecule has 0 aliphatic heterocycles. The zero-order valence-electron chi connectivity index (χ0n) is 14.5. The Hall–Kier alpha value is -3.35. The number of carbonyl (C=O) groups excluding carboxylic acids is 1. The number of amides is 1. The summed E-state index contributed by atoms with van der Waals surface area (Å²) in [6, 6.07) is 13.8. The van der Waals surface area contributed by atoms with E-state index >= 15 is 0 Å². The van der Waals surface area contributed by atoms with Gasteiger partial charge in [-0.05, 0) is 41.8 Å². The molecule has 2 aromatic carbocycles. The summed E-state index contributed by atoms with van der Waals surface area (Å²) in [5.41, 5.74) is 2.06. The van der Waals surface area contributed by atoms with Gasteiger partial charge in [-0.15, -0.1) is 0 Å². The molecule has 0 saturated heterocycles. The SMILES string of the molecule is O=C(NCCc1ccc(F)cc1)c1cc(NCc2ccc(F)cc2)ncn1. The van der Waals surface area contributed by atoms with E-state index in [4.69, 9.17) is 0 Å². The van der Waals surface area contributed by atoms with Gasteiger partial charge in [-0.2, -0.15) is 0 Å². The Labute approximate surface area is 155 Å². The van der Waals surface area contributed by atoms with Crippen LogP contribution < -0.4 is 10.6 Å². The van der Waals surface area contributed by atoms with E-state index in [2.05, 4.69) is 20.6 Å². The summed E-state index contributed by atoms with van der Waals surface area (Å²) in [7, 11) is 0. The van der Waals surface area contributed by atoms with Crippen molar-refractivity contribution in [2.45, 2.75) is 13.0 Å². The number of nitrogens with zero attached hydrogens (tertiary/aromatic N) is 2. The topological polar surface area (TPSA) is 66.9 Å². The van der Waals surface area contributed by atoms with Crippen LogP contribution in [-0.2, 0) is 13.0 Å². The number of benzene rings is 2. The van der Waals surface area contributed by atoms with Gasteiger partial charge in [0.2, 0.25) is 0 Å². The van der Waals surface area contributed by atoms with Gasteiger partial charge >= 0.3 is 0 Å². The number of nitrogens with one attached hydrogen (secondary N) is 2. The lowest BCUT2D eigenvalue weighted by atomic mass is 10.1. The highest BCUT2D eigenvalue weighted by Gasteiger charge is 2.08. The van der Waals surface area contributed by atoms with Crippen LogP contribution in [0.1, 0.15) is 21.6 Å². The Balaban J connectivity index is 1.51. The summed E-state index contributed by atoms with van der Waals surface area (Å²) in [6.45, 7) is 0.857. The molecule has 1 aromatic heterocycles. The number of aromatic nitrogens is 2. The second-order valence-corrected chi connectivity index (χ2v) is 5.90. The van der Waals surface area contributed by atoms with Crippen LogP contribution in [0.5, 0.6) is 0 Å². The van der Waals surface area contributed by atoms with E-state index in [-0.39, 0.29) is 23.2 Å². The molecule has 0 atom stereocenters. The summed E-state index contributed by atoms with van der Waals surface area (Å²) in [6.07, 6.45) is 1.90. The van der Waals surface area contributed by atoms with Crippen LogP contribution in [0.2, 0.25) is 0 Å². The summed E-state index contributed by atoms with van der Waals surface area (Å²) >= 11 is 0. The Morgan fingerprint density at radius 2 is 1.52 bits per heavy atom. The molecule has 0 unspecified atom stereocenters. The van der Waals surface area contributed by atoms with E-state index in [9.17, 15) is 13.6 Å². The Kier molecular flexibility index (Phi) is 6.04. The van der Waals surface area contributed by atoms with Crippen molar-refractivity contribution in [2.75, 3.05) is 11.9 Å². The molecule has 5 nitrogen and oxygen atoms in total.